The lowest BCUT2D eigenvalue weighted by molar-refractivity contribution is -0.132. The monoisotopic (exact) mass is 656 g/mol. The average molecular weight is 657 g/mol. The lowest BCUT2D eigenvalue weighted by atomic mass is 10.0. The summed E-state index contributed by atoms with van der Waals surface area (Å²) in [4.78, 5) is 45.9. The molecule has 1 unspecified atom stereocenters. The van der Waals surface area contributed by atoms with Crippen LogP contribution in [0.1, 0.15) is 76.9 Å². The highest BCUT2D eigenvalue weighted by Crippen LogP contribution is 2.27. The van der Waals surface area contributed by atoms with Crippen molar-refractivity contribution >= 4 is 17.9 Å². The number of carbonyl (C=O) groups excluding carboxylic acids is 3. The molecule has 0 radical (unpaired) electrons. The Hall–Kier alpha value is -4.46. The molecule has 3 aromatic rings. The highest BCUT2D eigenvalue weighted by atomic mass is 19.1. The number of halogens is 1. The van der Waals surface area contributed by atoms with Crippen LogP contribution in [0, 0.1) is 11.7 Å². The van der Waals surface area contributed by atoms with Crippen molar-refractivity contribution in [1.29, 1.82) is 0 Å². The van der Waals surface area contributed by atoms with Gasteiger partial charge in [0.1, 0.15) is 29.3 Å². The van der Waals surface area contributed by atoms with Gasteiger partial charge in [0, 0.05) is 32.2 Å². The van der Waals surface area contributed by atoms with E-state index in [1.54, 1.807) is 50.8 Å². The van der Waals surface area contributed by atoms with Crippen LogP contribution in [-0.4, -0.2) is 88.8 Å². The van der Waals surface area contributed by atoms with Crippen molar-refractivity contribution in [3.8, 4) is 17.1 Å². The molecular weight excluding hydrogens is 611 g/mol. The molecule has 0 aliphatic carbocycles. The van der Waals surface area contributed by atoms with Gasteiger partial charge in [-0.05, 0) is 77.3 Å². The Kier molecular flexibility index (Phi) is 12.0. The number of amides is 3. The third-order valence-corrected chi connectivity index (χ3v) is 7.48. The summed E-state index contributed by atoms with van der Waals surface area (Å²) in [5.41, 5.74) is -0.524. The maximum atomic E-state index is 15.1. The average Bonchev–Trinajstić information content (AvgIpc) is 3.66. The molecule has 1 fully saturated rings. The number of aromatic nitrogens is 2. The molecule has 1 saturated heterocycles. The predicted octanol–water partition coefficient (Wildman–Crippen LogP) is 4.81. The molecule has 3 heterocycles. The molecule has 2 N–H and O–H groups in total. The molecular formula is C33H45FN6O7. The lowest BCUT2D eigenvalue weighted by Crippen LogP contribution is -2.48. The van der Waals surface area contributed by atoms with Gasteiger partial charge in [-0.15, -0.1) is 0 Å². The largest absolute Gasteiger partial charge is 0.493 e. The Balaban J connectivity index is 1.22. The number of furan rings is 1. The number of rotatable bonds is 12. The van der Waals surface area contributed by atoms with Crippen molar-refractivity contribution in [2.24, 2.45) is 5.92 Å². The number of ether oxygens (including phenoxy) is 2. The van der Waals surface area contributed by atoms with Crippen LogP contribution < -0.4 is 15.4 Å². The minimum atomic E-state index is -0.669. The van der Waals surface area contributed by atoms with Gasteiger partial charge in [-0.3, -0.25) is 9.59 Å². The van der Waals surface area contributed by atoms with Crippen LogP contribution in [0.15, 0.2) is 45.5 Å². The van der Waals surface area contributed by atoms with Crippen LogP contribution in [0.25, 0.3) is 11.4 Å². The minimum Gasteiger partial charge on any atom is -0.493 e. The molecule has 4 rings (SSSR count). The van der Waals surface area contributed by atoms with E-state index >= 15 is 4.39 Å². The van der Waals surface area contributed by atoms with Gasteiger partial charge in [-0.2, -0.15) is 4.98 Å². The third kappa shape index (κ3) is 10.3. The zero-order valence-corrected chi connectivity index (χ0v) is 27.9. The fraction of sp³-hybridized carbons (Fsp3) is 0.545. The van der Waals surface area contributed by atoms with Gasteiger partial charge in [0.2, 0.25) is 17.6 Å². The van der Waals surface area contributed by atoms with Crippen molar-refractivity contribution in [2.75, 3.05) is 39.3 Å². The molecule has 1 aromatic carbocycles. The Labute approximate surface area is 274 Å². The molecule has 2 atom stereocenters. The zero-order valence-electron chi connectivity index (χ0n) is 27.9. The molecule has 2 aromatic heterocycles. The SMILES string of the molecule is CC(C)C(NC(=O)OC(C)(C)C)c1nc(-c2ccc(OCCCN3CCCN(C(=O)[C@@H](C)NC(=O)c4ccco4)CC3)cc2F)no1. The summed E-state index contributed by atoms with van der Waals surface area (Å²) in [6, 6.07) is 6.35. The zero-order chi connectivity index (χ0) is 34.1. The predicted molar refractivity (Wildman–Crippen MR) is 170 cm³/mol. The Bertz CT molecular complexity index is 1490. The fourth-order valence-electron chi connectivity index (χ4n) is 5.09. The van der Waals surface area contributed by atoms with E-state index in [-0.39, 0.29) is 34.9 Å². The fourth-order valence-corrected chi connectivity index (χ4v) is 5.09. The standard InChI is InChI=1S/C33H45FN6O7/c1-21(2)27(36-32(43)46-33(4,5)6)30-37-28(38-47-30)24-12-11-23(20-25(24)34)44-19-9-14-39-13-8-15-40(17-16-39)31(42)22(3)35-29(41)26-10-7-18-45-26/h7,10-12,18,20-22,27H,8-9,13-17,19H2,1-6H3,(H,35,41)(H,36,43)/t22-,27?/m1/s1. The van der Waals surface area contributed by atoms with E-state index in [0.29, 0.717) is 38.4 Å². The second-order valence-corrected chi connectivity index (χ2v) is 12.9. The van der Waals surface area contributed by atoms with Crippen molar-refractivity contribution in [3.05, 3.63) is 54.1 Å². The van der Waals surface area contributed by atoms with E-state index in [1.807, 2.05) is 13.8 Å². The first-order valence-electron chi connectivity index (χ1n) is 15.9. The highest BCUT2D eigenvalue weighted by molar-refractivity contribution is 5.95. The van der Waals surface area contributed by atoms with Gasteiger partial charge in [0.05, 0.1) is 18.4 Å². The van der Waals surface area contributed by atoms with Crippen LogP contribution in [0.5, 0.6) is 5.75 Å². The highest BCUT2D eigenvalue weighted by Gasteiger charge is 2.28. The second-order valence-electron chi connectivity index (χ2n) is 12.9. The molecule has 0 bridgehead atoms. The van der Waals surface area contributed by atoms with Crippen molar-refractivity contribution in [3.63, 3.8) is 0 Å². The number of nitrogens with one attached hydrogen (secondary N) is 2. The second kappa shape index (κ2) is 15.9. The maximum absolute atomic E-state index is 15.1. The molecule has 0 spiro atoms. The summed E-state index contributed by atoms with van der Waals surface area (Å²) in [5.74, 6) is -0.465. The van der Waals surface area contributed by atoms with Crippen LogP contribution in [0.3, 0.4) is 0 Å². The molecule has 1 aliphatic heterocycles. The van der Waals surface area contributed by atoms with Gasteiger partial charge in [0.15, 0.2) is 5.76 Å². The Morgan fingerprint density at radius 2 is 1.85 bits per heavy atom. The minimum absolute atomic E-state index is 0.0590. The Morgan fingerprint density at radius 3 is 2.53 bits per heavy atom. The quantitative estimate of drug-likeness (QED) is 0.260. The molecule has 0 saturated carbocycles. The third-order valence-electron chi connectivity index (χ3n) is 7.48. The van der Waals surface area contributed by atoms with Gasteiger partial charge in [0.25, 0.3) is 5.91 Å². The van der Waals surface area contributed by atoms with E-state index in [2.05, 4.69) is 25.7 Å². The van der Waals surface area contributed by atoms with E-state index in [9.17, 15) is 14.4 Å². The van der Waals surface area contributed by atoms with Crippen molar-refractivity contribution < 1.29 is 37.2 Å². The normalized spacial score (nSPS) is 15.5. The molecule has 47 heavy (non-hydrogen) atoms. The molecule has 3 amide bonds. The van der Waals surface area contributed by atoms with Gasteiger partial charge < -0.3 is 38.8 Å². The maximum Gasteiger partial charge on any atom is 0.408 e. The van der Waals surface area contributed by atoms with E-state index in [1.165, 1.54) is 18.4 Å². The number of alkyl carbamates (subject to hydrolysis) is 1. The summed E-state index contributed by atoms with van der Waals surface area (Å²) < 4.78 is 36.7. The summed E-state index contributed by atoms with van der Waals surface area (Å²) in [6.45, 7) is 14.6. The number of carbonyl (C=O) groups is 3. The summed E-state index contributed by atoms with van der Waals surface area (Å²) in [7, 11) is 0. The van der Waals surface area contributed by atoms with Crippen molar-refractivity contribution in [1.82, 2.24) is 30.6 Å². The molecule has 14 heteroatoms. The topological polar surface area (TPSA) is 152 Å². The first kappa shape index (κ1) is 35.4. The first-order chi connectivity index (χ1) is 22.3. The van der Waals surface area contributed by atoms with Crippen LogP contribution in [0.2, 0.25) is 0 Å². The summed E-state index contributed by atoms with van der Waals surface area (Å²) in [5, 5.41) is 9.38. The number of hydrogen-bond acceptors (Lipinski definition) is 10. The van der Waals surface area contributed by atoms with Crippen LogP contribution in [0.4, 0.5) is 9.18 Å². The van der Waals surface area contributed by atoms with Crippen molar-refractivity contribution in [2.45, 2.75) is 72.1 Å². The van der Waals surface area contributed by atoms with Gasteiger partial charge >= 0.3 is 6.09 Å². The van der Waals surface area contributed by atoms with E-state index in [0.717, 1.165) is 19.5 Å². The summed E-state index contributed by atoms with van der Waals surface area (Å²) >= 11 is 0. The van der Waals surface area contributed by atoms with Gasteiger partial charge in [-0.25, -0.2) is 9.18 Å². The first-order valence-corrected chi connectivity index (χ1v) is 15.9. The molecule has 1 aliphatic rings. The van der Waals surface area contributed by atoms with Crippen LogP contribution in [-0.2, 0) is 9.53 Å². The lowest BCUT2D eigenvalue weighted by Gasteiger charge is -2.25. The number of benzene rings is 1. The Morgan fingerprint density at radius 1 is 1.06 bits per heavy atom. The van der Waals surface area contributed by atoms with E-state index < -0.39 is 35.5 Å². The van der Waals surface area contributed by atoms with E-state index in [4.69, 9.17) is 18.4 Å². The molecule has 13 nitrogen and oxygen atoms in total. The smallest absolute Gasteiger partial charge is 0.408 e. The van der Waals surface area contributed by atoms with Crippen LogP contribution >= 0.6 is 0 Å². The number of nitrogens with zero attached hydrogens (tertiary/aromatic N) is 4. The summed E-state index contributed by atoms with van der Waals surface area (Å²) in [6.07, 6.45) is 2.32. The molecule has 256 valence electrons. The number of hydrogen-bond donors (Lipinski definition) is 2. The van der Waals surface area contributed by atoms with Gasteiger partial charge in [-0.1, -0.05) is 19.0 Å².